The molecule has 0 atom stereocenters. The highest BCUT2D eigenvalue weighted by molar-refractivity contribution is 7.09. The average molecular weight is 195 g/mol. The molecule has 0 saturated heterocycles. The number of thiazole rings is 1. The lowest BCUT2D eigenvalue weighted by molar-refractivity contribution is 0.309. The van der Waals surface area contributed by atoms with Gasteiger partial charge >= 0.3 is 0 Å². The Labute approximate surface area is 79.8 Å². The fourth-order valence-electron chi connectivity index (χ4n) is 0.941. The van der Waals surface area contributed by atoms with E-state index in [0.29, 0.717) is 6.61 Å². The molecule has 5 heteroatoms. The van der Waals surface area contributed by atoms with Crippen molar-refractivity contribution in [2.75, 3.05) is 0 Å². The minimum absolute atomic E-state index is 0.566. The largest absolute Gasteiger partial charge is 0.485 e. The van der Waals surface area contributed by atoms with Gasteiger partial charge in [-0.15, -0.1) is 11.3 Å². The first-order valence-electron chi connectivity index (χ1n) is 3.83. The Morgan fingerprint density at radius 1 is 1.54 bits per heavy atom. The van der Waals surface area contributed by atoms with Crippen LogP contribution in [0.4, 0.5) is 0 Å². The molecule has 4 nitrogen and oxygen atoms in total. The van der Waals surface area contributed by atoms with E-state index in [1.54, 1.807) is 33.9 Å². The second kappa shape index (κ2) is 3.57. The molecule has 0 amide bonds. The Morgan fingerprint density at radius 3 is 3.08 bits per heavy atom. The zero-order valence-corrected chi connectivity index (χ0v) is 7.99. The number of hydrogen-bond donors (Lipinski definition) is 0. The predicted octanol–water partition coefficient (Wildman–Crippen LogP) is 1.46. The van der Waals surface area contributed by atoms with Gasteiger partial charge in [-0.1, -0.05) is 0 Å². The Morgan fingerprint density at radius 2 is 2.46 bits per heavy atom. The SMILES string of the molecule is Cn1cc(OCc2cncs2)cn1. The maximum absolute atomic E-state index is 5.46. The van der Waals surface area contributed by atoms with Crippen molar-refractivity contribution < 1.29 is 4.74 Å². The van der Waals surface area contributed by atoms with E-state index in [1.165, 1.54) is 0 Å². The van der Waals surface area contributed by atoms with Gasteiger partial charge in [-0.25, -0.2) is 0 Å². The number of aromatic nitrogens is 3. The number of nitrogens with zero attached hydrogens (tertiary/aromatic N) is 3. The van der Waals surface area contributed by atoms with Crippen LogP contribution in [0.2, 0.25) is 0 Å². The lowest BCUT2D eigenvalue weighted by Crippen LogP contribution is -1.91. The second-order valence-electron chi connectivity index (χ2n) is 2.61. The van der Waals surface area contributed by atoms with Crippen LogP contribution in [0.5, 0.6) is 5.75 Å². The summed E-state index contributed by atoms with van der Waals surface area (Å²) in [6, 6.07) is 0. The number of aryl methyl sites for hydroxylation is 1. The van der Waals surface area contributed by atoms with E-state index in [-0.39, 0.29) is 0 Å². The van der Waals surface area contributed by atoms with Gasteiger partial charge in [-0.3, -0.25) is 9.67 Å². The zero-order chi connectivity index (χ0) is 9.10. The first kappa shape index (κ1) is 8.25. The number of rotatable bonds is 3. The molecule has 2 aromatic rings. The summed E-state index contributed by atoms with van der Waals surface area (Å²) in [6.45, 7) is 0.566. The minimum Gasteiger partial charge on any atom is -0.485 e. The molecule has 0 saturated carbocycles. The minimum atomic E-state index is 0.566. The van der Waals surface area contributed by atoms with Crippen molar-refractivity contribution in [1.29, 1.82) is 0 Å². The molecule has 13 heavy (non-hydrogen) atoms. The van der Waals surface area contributed by atoms with Crippen molar-refractivity contribution in [3.05, 3.63) is 29.0 Å². The molecule has 0 N–H and O–H groups in total. The van der Waals surface area contributed by atoms with E-state index in [9.17, 15) is 0 Å². The molecule has 0 aliphatic heterocycles. The van der Waals surface area contributed by atoms with Crippen molar-refractivity contribution in [2.24, 2.45) is 7.05 Å². The maximum atomic E-state index is 5.46. The average Bonchev–Trinajstić information content (AvgIpc) is 2.71. The number of hydrogen-bond acceptors (Lipinski definition) is 4. The molecule has 0 fully saturated rings. The standard InChI is InChI=1S/C8H9N3OS/c1-11-4-7(2-10-11)12-5-8-3-9-6-13-8/h2-4,6H,5H2,1H3. The highest BCUT2D eigenvalue weighted by Crippen LogP contribution is 2.12. The van der Waals surface area contributed by atoms with Crippen molar-refractivity contribution in [3.8, 4) is 5.75 Å². The molecule has 0 radical (unpaired) electrons. The molecular weight excluding hydrogens is 186 g/mol. The van der Waals surface area contributed by atoms with Crippen LogP contribution in [0.1, 0.15) is 4.88 Å². The van der Waals surface area contributed by atoms with Gasteiger partial charge in [0.05, 0.1) is 22.8 Å². The van der Waals surface area contributed by atoms with Crippen molar-refractivity contribution >= 4 is 11.3 Å². The molecule has 2 aromatic heterocycles. The molecule has 0 bridgehead atoms. The summed E-state index contributed by atoms with van der Waals surface area (Å²) < 4.78 is 7.17. The van der Waals surface area contributed by atoms with Crippen LogP contribution in [-0.2, 0) is 13.7 Å². The number of ether oxygens (including phenoxy) is 1. The zero-order valence-electron chi connectivity index (χ0n) is 7.17. The smallest absolute Gasteiger partial charge is 0.157 e. The van der Waals surface area contributed by atoms with E-state index in [2.05, 4.69) is 10.1 Å². The third-order valence-electron chi connectivity index (χ3n) is 1.55. The third-order valence-corrected chi connectivity index (χ3v) is 2.30. The van der Waals surface area contributed by atoms with Gasteiger partial charge in [0.25, 0.3) is 0 Å². The second-order valence-corrected chi connectivity index (χ2v) is 3.58. The summed E-state index contributed by atoms with van der Waals surface area (Å²) >= 11 is 1.59. The fourth-order valence-corrected chi connectivity index (χ4v) is 1.45. The molecule has 2 rings (SSSR count). The third kappa shape index (κ3) is 2.06. The van der Waals surface area contributed by atoms with Crippen molar-refractivity contribution in [3.63, 3.8) is 0 Å². The summed E-state index contributed by atoms with van der Waals surface area (Å²) in [7, 11) is 1.86. The van der Waals surface area contributed by atoms with Gasteiger partial charge in [0.1, 0.15) is 6.61 Å². The van der Waals surface area contributed by atoms with E-state index < -0.39 is 0 Å². The van der Waals surface area contributed by atoms with Crippen LogP contribution in [0.25, 0.3) is 0 Å². The summed E-state index contributed by atoms with van der Waals surface area (Å²) in [5.74, 6) is 0.788. The Kier molecular flexibility index (Phi) is 2.27. The normalized spacial score (nSPS) is 10.2. The van der Waals surface area contributed by atoms with E-state index in [0.717, 1.165) is 10.6 Å². The molecule has 0 aliphatic carbocycles. The Bertz CT molecular complexity index is 368. The van der Waals surface area contributed by atoms with Gasteiger partial charge in [-0.05, 0) is 0 Å². The monoisotopic (exact) mass is 195 g/mol. The molecule has 0 aliphatic rings. The molecular formula is C8H9N3OS. The van der Waals surface area contributed by atoms with Crippen molar-refractivity contribution in [2.45, 2.75) is 6.61 Å². The Hall–Kier alpha value is -1.36. The molecule has 0 unspecified atom stereocenters. The molecule has 68 valence electrons. The lowest BCUT2D eigenvalue weighted by atomic mass is 10.6. The van der Waals surface area contributed by atoms with Gasteiger partial charge < -0.3 is 4.74 Å². The van der Waals surface area contributed by atoms with Crippen LogP contribution in [0.15, 0.2) is 24.1 Å². The molecule has 2 heterocycles. The van der Waals surface area contributed by atoms with E-state index >= 15 is 0 Å². The predicted molar refractivity (Wildman–Crippen MR) is 49.7 cm³/mol. The maximum Gasteiger partial charge on any atom is 0.157 e. The van der Waals surface area contributed by atoms with Crippen molar-refractivity contribution in [1.82, 2.24) is 14.8 Å². The van der Waals surface area contributed by atoms with Crippen LogP contribution in [0, 0.1) is 0 Å². The van der Waals surface area contributed by atoms with Gasteiger partial charge in [0.15, 0.2) is 5.75 Å². The molecule has 0 aromatic carbocycles. The van der Waals surface area contributed by atoms with Gasteiger partial charge in [0.2, 0.25) is 0 Å². The van der Waals surface area contributed by atoms with Crippen LogP contribution < -0.4 is 4.74 Å². The summed E-state index contributed by atoms with van der Waals surface area (Å²) in [5.41, 5.74) is 1.79. The highest BCUT2D eigenvalue weighted by Gasteiger charge is 1.98. The first-order valence-corrected chi connectivity index (χ1v) is 4.71. The van der Waals surface area contributed by atoms with Crippen LogP contribution in [-0.4, -0.2) is 14.8 Å². The van der Waals surface area contributed by atoms with E-state index in [4.69, 9.17) is 4.74 Å². The van der Waals surface area contributed by atoms with Crippen LogP contribution in [0.3, 0.4) is 0 Å². The highest BCUT2D eigenvalue weighted by atomic mass is 32.1. The molecule has 0 spiro atoms. The van der Waals surface area contributed by atoms with Gasteiger partial charge in [0, 0.05) is 13.2 Å². The topological polar surface area (TPSA) is 39.9 Å². The summed E-state index contributed by atoms with van der Waals surface area (Å²) in [4.78, 5) is 5.07. The quantitative estimate of drug-likeness (QED) is 0.744. The first-order chi connectivity index (χ1) is 6.34. The summed E-state index contributed by atoms with van der Waals surface area (Å²) in [5, 5.41) is 4.00. The van der Waals surface area contributed by atoms with Gasteiger partial charge in [-0.2, -0.15) is 5.10 Å². The lowest BCUT2D eigenvalue weighted by Gasteiger charge is -1.98. The fraction of sp³-hybridized carbons (Fsp3) is 0.250. The van der Waals surface area contributed by atoms with E-state index in [1.807, 2.05) is 13.2 Å². The van der Waals surface area contributed by atoms with Crippen LogP contribution >= 0.6 is 11.3 Å². The Balaban J connectivity index is 1.93. The summed E-state index contributed by atoms with van der Waals surface area (Å²) in [6.07, 6.45) is 5.34.